The maximum absolute atomic E-state index is 11.9. The molecule has 20 heavy (non-hydrogen) atoms. The zero-order valence-electron chi connectivity index (χ0n) is 11.3. The molecule has 0 aliphatic heterocycles. The Labute approximate surface area is 118 Å². The molecule has 2 rings (SSSR count). The summed E-state index contributed by atoms with van der Waals surface area (Å²) in [5.41, 5.74) is 1.82. The number of imidazole rings is 1. The normalized spacial score (nSPS) is 11.4. The van der Waals surface area contributed by atoms with E-state index in [-0.39, 0.29) is 4.90 Å². The van der Waals surface area contributed by atoms with Crippen molar-refractivity contribution in [3.8, 4) is 0 Å². The van der Waals surface area contributed by atoms with Crippen LogP contribution in [0.2, 0.25) is 0 Å². The summed E-state index contributed by atoms with van der Waals surface area (Å²) in [6, 6.07) is 6.67. The van der Waals surface area contributed by atoms with E-state index in [1.54, 1.807) is 36.8 Å². The van der Waals surface area contributed by atoms with E-state index in [1.807, 2.05) is 6.92 Å². The van der Waals surface area contributed by atoms with Crippen molar-refractivity contribution in [3.63, 3.8) is 0 Å². The molecule has 0 atom stereocenters. The van der Waals surface area contributed by atoms with Crippen LogP contribution in [0.25, 0.3) is 0 Å². The first-order valence-corrected chi connectivity index (χ1v) is 7.91. The Bertz CT molecular complexity index is 621. The number of rotatable bonds is 7. The van der Waals surface area contributed by atoms with Gasteiger partial charge in [-0.15, -0.1) is 0 Å². The van der Waals surface area contributed by atoms with Crippen LogP contribution in [0.3, 0.4) is 0 Å². The summed E-state index contributed by atoms with van der Waals surface area (Å²) >= 11 is 0. The third-order valence-electron chi connectivity index (χ3n) is 2.74. The average molecular weight is 294 g/mol. The van der Waals surface area contributed by atoms with E-state index in [9.17, 15) is 8.42 Å². The minimum Gasteiger partial charge on any atom is -0.379 e. The van der Waals surface area contributed by atoms with Crippen LogP contribution in [0.1, 0.15) is 19.0 Å². The monoisotopic (exact) mass is 294 g/mol. The second-order valence-corrected chi connectivity index (χ2v) is 6.12. The molecule has 0 aliphatic carbocycles. The SMILES string of the molecule is CCCNS(=O)(=O)c1ccc(NCc2cnc[nH]2)cc1. The topological polar surface area (TPSA) is 86.9 Å². The van der Waals surface area contributed by atoms with Gasteiger partial charge < -0.3 is 10.3 Å². The van der Waals surface area contributed by atoms with Crippen molar-refractivity contribution in [2.24, 2.45) is 0 Å². The molecule has 0 saturated heterocycles. The van der Waals surface area contributed by atoms with Gasteiger partial charge in [0.05, 0.1) is 23.5 Å². The van der Waals surface area contributed by atoms with Crippen molar-refractivity contribution in [1.29, 1.82) is 0 Å². The van der Waals surface area contributed by atoms with Crippen molar-refractivity contribution in [1.82, 2.24) is 14.7 Å². The zero-order valence-corrected chi connectivity index (χ0v) is 12.1. The first-order chi connectivity index (χ1) is 9.62. The van der Waals surface area contributed by atoms with Gasteiger partial charge in [-0.1, -0.05) is 6.92 Å². The summed E-state index contributed by atoms with van der Waals surface area (Å²) in [6.07, 6.45) is 4.12. The highest BCUT2D eigenvalue weighted by Crippen LogP contribution is 2.14. The summed E-state index contributed by atoms with van der Waals surface area (Å²) in [5, 5.41) is 3.18. The fourth-order valence-electron chi connectivity index (χ4n) is 1.65. The summed E-state index contributed by atoms with van der Waals surface area (Å²) in [7, 11) is -3.39. The maximum atomic E-state index is 11.9. The Kier molecular flexibility index (Phi) is 4.75. The second-order valence-electron chi connectivity index (χ2n) is 4.35. The summed E-state index contributed by atoms with van der Waals surface area (Å²) in [5.74, 6) is 0. The van der Waals surface area contributed by atoms with Gasteiger partial charge in [-0.3, -0.25) is 0 Å². The molecule has 0 fully saturated rings. The lowest BCUT2D eigenvalue weighted by Gasteiger charge is -2.08. The molecule has 0 aliphatic rings. The van der Waals surface area contributed by atoms with Crippen LogP contribution in [0.5, 0.6) is 0 Å². The van der Waals surface area contributed by atoms with Crippen LogP contribution < -0.4 is 10.0 Å². The lowest BCUT2D eigenvalue weighted by molar-refractivity contribution is 0.581. The molecule has 0 unspecified atom stereocenters. The molecule has 1 heterocycles. The van der Waals surface area contributed by atoms with E-state index in [4.69, 9.17) is 0 Å². The standard InChI is InChI=1S/C13H18N4O2S/c1-2-7-17-20(18,19)13-5-3-11(4-6-13)15-9-12-8-14-10-16-12/h3-6,8,10,15,17H,2,7,9H2,1H3,(H,14,16). The number of nitrogens with zero attached hydrogens (tertiary/aromatic N) is 1. The molecule has 6 nitrogen and oxygen atoms in total. The molecule has 3 N–H and O–H groups in total. The largest absolute Gasteiger partial charge is 0.379 e. The summed E-state index contributed by atoms with van der Waals surface area (Å²) in [4.78, 5) is 7.19. The minimum atomic E-state index is -3.39. The molecule has 7 heteroatoms. The molecule has 0 bridgehead atoms. The van der Waals surface area contributed by atoms with E-state index in [0.717, 1.165) is 17.8 Å². The van der Waals surface area contributed by atoms with Gasteiger partial charge in [0.15, 0.2) is 0 Å². The van der Waals surface area contributed by atoms with Crippen molar-refractivity contribution < 1.29 is 8.42 Å². The van der Waals surface area contributed by atoms with Gasteiger partial charge in [0.25, 0.3) is 0 Å². The van der Waals surface area contributed by atoms with E-state index >= 15 is 0 Å². The fourth-order valence-corrected chi connectivity index (χ4v) is 2.78. The Morgan fingerprint density at radius 2 is 2.00 bits per heavy atom. The van der Waals surface area contributed by atoms with E-state index in [1.165, 1.54) is 0 Å². The Hall–Kier alpha value is -1.86. The Balaban J connectivity index is 1.99. The number of aromatic nitrogens is 2. The first-order valence-electron chi connectivity index (χ1n) is 6.42. The number of hydrogen-bond acceptors (Lipinski definition) is 4. The van der Waals surface area contributed by atoms with Crippen molar-refractivity contribution in [2.75, 3.05) is 11.9 Å². The molecule has 2 aromatic rings. The van der Waals surface area contributed by atoms with Crippen LogP contribution in [-0.4, -0.2) is 24.9 Å². The molecule has 108 valence electrons. The van der Waals surface area contributed by atoms with Crippen molar-refractivity contribution in [3.05, 3.63) is 42.5 Å². The zero-order chi connectivity index (χ0) is 14.4. The third kappa shape index (κ3) is 3.82. The van der Waals surface area contributed by atoms with E-state index < -0.39 is 10.0 Å². The lowest BCUT2D eigenvalue weighted by Crippen LogP contribution is -2.24. The predicted molar refractivity (Wildman–Crippen MR) is 77.8 cm³/mol. The quantitative estimate of drug-likeness (QED) is 0.725. The number of aromatic amines is 1. The number of anilines is 1. The lowest BCUT2D eigenvalue weighted by atomic mass is 10.3. The predicted octanol–water partition coefficient (Wildman–Crippen LogP) is 1.71. The van der Waals surface area contributed by atoms with Gasteiger partial charge in [-0.2, -0.15) is 0 Å². The van der Waals surface area contributed by atoms with Crippen LogP contribution >= 0.6 is 0 Å². The molecule has 0 spiro atoms. The highest BCUT2D eigenvalue weighted by molar-refractivity contribution is 7.89. The number of H-pyrrole nitrogens is 1. The molecule has 1 aromatic carbocycles. The number of sulfonamides is 1. The van der Waals surface area contributed by atoms with Crippen LogP contribution in [-0.2, 0) is 16.6 Å². The summed E-state index contributed by atoms with van der Waals surface area (Å²) < 4.78 is 26.3. The maximum Gasteiger partial charge on any atom is 0.240 e. The Morgan fingerprint density at radius 3 is 2.60 bits per heavy atom. The van der Waals surface area contributed by atoms with E-state index in [2.05, 4.69) is 20.0 Å². The van der Waals surface area contributed by atoms with Gasteiger partial charge >= 0.3 is 0 Å². The average Bonchev–Trinajstić information content (AvgIpc) is 2.97. The second kappa shape index (κ2) is 6.53. The summed E-state index contributed by atoms with van der Waals surface area (Å²) in [6.45, 7) is 2.98. The molecule has 0 amide bonds. The van der Waals surface area contributed by atoms with Crippen molar-refractivity contribution in [2.45, 2.75) is 24.8 Å². The fraction of sp³-hybridized carbons (Fsp3) is 0.308. The number of benzene rings is 1. The highest BCUT2D eigenvalue weighted by Gasteiger charge is 2.12. The van der Waals surface area contributed by atoms with Crippen molar-refractivity contribution >= 4 is 15.7 Å². The molecule has 1 aromatic heterocycles. The van der Waals surface area contributed by atoms with Gasteiger partial charge in [-0.25, -0.2) is 18.1 Å². The molecular weight excluding hydrogens is 276 g/mol. The van der Waals surface area contributed by atoms with E-state index in [0.29, 0.717) is 13.1 Å². The van der Waals surface area contributed by atoms with Gasteiger partial charge in [-0.05, 0) is 30.7 Å². The smallest absolute Gasteiger partial charge is 0.240 e. The van der Waals surface area contributed by atoms with Gasteiger partial charge in [0, 0.05) is 18.4 Å². The first kappa shape index (κ1) is 14.5. The molecule has 0 radical (unpaired) electrons. The number of hydrogen-bond donors (Lipinski definition) is 3. The molecule has 0 saturated carbocycles. The van der Waals surface area contributed by atoms with Gasteiger partial charge in [0.2, 0.25) is 10.0 Å². The number of nitrogens with one attached hydrogen (secondary N) is 3. The van der Waals surface area contributed by atoms with Gasteiger partial charge in [0.1, 0.15) is 0 Å². The van der Waals surface area contributed by atoms with Crippen LogP contribution in [0.4, 0.5) is 5.69 Å². The molecular formula is C13H18N4O2S. The van der Waals surface area contributed by atoms with Crippen LogP contribution in [0.15, 0.2) is 41.7 Å². The Morgan fingerprint density at radius 1 is 1.25 bits per heavy atom. The minimum absolute atomic E-state index is 0.276. The third-order valence-corrected chi connectivity index (χ3v) is 4.22. The van der Waals surface area contributed by atoms with Crippen LogP contribution in [0, 0.1) is 0 Å². The highest BCUT2D eigenvalue weighted by atomic mass is 32.2.